The Kier molecular flexibility index (Phi) is 4.07. The third kappa shape index (κ3) is 3.78. The second-order valence-electron chi connectivity index (χ2n) is 0.790. The Labute approximate surface area is 55.7 Å². The van der Waals surface area contributed by atoms with Crippen molar-refractivity contribution in [2.75, 3.05) is 4.43 Å². The minimum atomic E-state index is -0.254. The first kappa shape index (κ1) is 6.94. The maximum atomic E-state index is 10.1. The molecule has 0 saturated heterocycles. The van der Waals surface area contributed by atoms with Crippen molar-refractivity contribution in [3.05, 3.63) is 12.8 Å². The Morgan fingerprint density at radius 2 is 2.57 bits per heavy atom. The Balaban J connectivity index is 3.17. The van der Waals surface area contributed by atoms with Crippen LogP contribution in [0.4, 0.5) is 0 Å². The molecule has 0 heterocycles. The fraction of sp³-hybridized carbons (Fsp3) is 0.250. The third-order valence-corrected chi connectivity index (χ3v) is 0.947. The van der Waals surface area contributed by atoms with Gasteiger partial charge in [-0.1, -0.05) is 29.2 Å². The number of hydrogen-bond donors (Lipinski definition) is 0. The quantitative estimate of drug-likeness (QED) is 0.296. The summed E-state index contributed by atoms with van der Waals surface area (Å²) in [5.74, 6) is -0.254. The molecule has 0 saturated carbocycles. The van der Waals surface area contributed by atoms with E-state index in [1.54, 1.807) is 0 Å². The van der Waals surface area contributed by atoms with Gasteiger partial charge in [-0.3, -0.25) is 4.79 Å². The second kappa shape index (κ2) is 4.11. The van der Waals surface area contributed by atoms with E-state index in [4.69, 9.17) is 0 Å². The fourth-order valence-corrected chi connectivity index (χ4v) is 0.304. The van der Waals surface area contributed by atoms with Crippen LogP contribution in [0.1, 0.15) is 0 Å². The second-order valence-corrected chi connectivity index (χ2v) is 1.55. The van der Waals surface area contributed by atoms with E-state index in [2.05, 4.69) is 11.3 Å². The molecule has 0 fully saturated rings. The Bertz CT molecular complexity index is 79.8. The molecule has 0 aromatic rings. The molecule has 0 amide bonds. The first-order valence-electron chi connectivity index (χ1n) is 1.67. The van der Waals surface area contributed by atoms with Crippen molar-refractivity contribution in [3.63, 3.8) is 0 Å². The average Bonchev–Trinajstić information content (AvgIpc) is 1.68. The minimum absolute atomic E-state index is 0.254. The first-order chi connectivity index (χ1) is 3.31. The molecule has 7 heavy (non-hydrogen) atoms. The van der Waals surface area contributed by atoms with Crippen LogP contribution in [-0.4, -0.2) is 10.4 Å². The van der Waals surface area contributed by atoms with Crippen LogP contribution in [0.2, 0.25) is 0 Å². The van der Waals surface area contributed by atoms with E-state index in [1.807, 2.05) is 22.6 Å². The zero-order valence-corrected chi connectivity index (χ0v) is 5.84. The molecule has 2 nitrogen and oxygen atoms in total. The van der Waals surface area contributed by atoms with Crippen LogP contribution in [0, 0.1) is 0 Å². The van der Waals surface area contributed by atoms with Gasteiger partial charge < -0.3 is 4.74 Å². The summed E-state index contributed by atoms with van der Waals surface area (Å²) in [4.78, 5) is 10.1. The molecule has 0 aliphatic heterocycles. The lowest BCUT2D eigenvalue weighted by Gasteiger charge is -1.87. The first-order valence-corrected chi connectivity index (χ1v) is 3.20. The van der Waals surface area contributed by atoms with Gasteiger partial charge >= 0.3 is 5.97 Å². The van der Waals surface area contributed by atoms with Gasteiger partial charge in [0.2, 0.25) is 0 Å². The van der Waals surface area contributed by atoms with E-state index in [0.717, 1.165) is 6.26 Å². The normalized spacial score (nSPS) is 7.57. The predicted molar refractivity (Wildman–Crippen MR) is 35.2 cm³/mol. The van der Waals surface area contributed by atoms with Crippen molar-refractivity contribution in [3.8, 4) is 0 Å². The molecule has 3 heteroatoms. The lowest BCUT2D eigenvalue weighted by Crippen LogP contribution is -1.98. The summed E-state index contributed by atoms with van der Waals surface area (Å²) in [6.45, 7) is 3.20. The molecular weight excluding hydrogens is 207 g/mol. The molecule has 0 N–H and O–H groups in total. The summed E-state index contributed by atoms with van der Waals surface area (Å²) in [7, 11) is 0. The molecule has 0 unspecified atom stereocenters. The molecule has 40 valence electrons. The topological polar surface area (TPSA) is 26.3 Å². The summed E-state index contributed by atoms with van der Waals surface area (Å²) in [6.07, 6.45) is 1.13. The number of carbonyl (C=O) groups is 1. The Hall–Kier alpha value is -0.0600. The van der Waals surface area contributed by atoms with E-state index >= 15 is 0 Å². The van der Waals surface area contributed by atoms with Gasteiger partial charge in [-0.25, -0.2) is 0 Å². The van der Waals surface area contributed by atoms with Gasteiger partial charge in [0.25, 0.3) is 0 Å². The molecule has 0 aliphatic rings. The van der Waals surface area contributed by atoms with Crippen LogP contribution in [0.25, 0.3) is 0 Å². The van der Waals surface area contributed by atoms with E-state index in [0.29, 0.717) is 4.43 Å². The number of rotatable bonds is 2. The van der Waals surface area contributed by atoms with Crippen molar-refractivity contribution in [2.24, 2.45) is 0 Å². The van der Waals surface area contributed by atoms with E-state index < -0.39 is 0 Å². The average molecular weight is 212 g/mol. The van der Waals surface area contributed by atoms with Crippen molar-refractivity contribution in [1.82, 2.24) is 0 Å². The fourth-order valence-electron chi connectivity index (χ4n) is 0.124. The summed E-state index contributed by atoms with van der Waals surface area (Å²) in [6, 6.07) is 0. The van der Waals surface area contributed by atoms with Crippen LogP contribution >= 0.6 is 22.6 Å². The van der Waals surface area contributed by atoms with Crippen LogP contribution in [-0.2, 0) is 9.53 Å². The maximum Gasteiger partial charge on any atom is 0.320 e. The Morgan fingerprint density at radius 1 is 2.00 bits per heavy atom. The highest BCUT2D eigenvalue weighted by atomic mass is 127. The zero-order chi connectivity index (χ0) is 5.70. The van der Waals surface area contributed by atoms with Crippen LogP contribution in [0.3, 0.4) is 0 Å². The highest BCUT2D eigenvalue weighted by molar-refractivity contribution is 14.1. The molecule has 0 rings (SSSR count). The van der Waals surface area contributed by atoms with Gasteiger partial charge in [-0.05, 0) is 0 Å². The molecule has 0 radical (unpaired) electrons. The number of ether oxygens (including phenoxy) is 1. The van der Waals surface area contributed by atoms with Gasteiger partial charge in [0.1, 0.15) is 0 Å². The van der Waals surface area contributed by atoms with Gasteiger partial charge in [0.15, 0.2) is 0 Å². The lowest BCUT2D eigenvalue weighted by atomic mass is 10.8. The van der Waals surface area contributed by atoms with Crippen molar-refractivity contribution < 1.29 is 9.53 Å². The summed E-state index contributed by atoms with van der Waals surface area (Å²) >= 11 is 1.91. The van der Waals surface area contributed by atoms with Crippen LogP contribution < -0.4 is 0 Å². The molecule has 0 aromatic carbocycles. The third-order valence-electron chi connectivity index (χ3n) is 0.324. The van der Waals surface area contributed by atoms with Crippen LogP contribution in [0.5, 0.6) is 0 Å². The maximum absolute atomic E-state index is 10.1. The molecule has 0 aliphatic carbocycles. The monoisotopic (exact) mass is 212 g/mol. The lowest BCUT2D eigenvalue weighted by molar-refractivity contribution is -0.134. The Morgan fingerprint density at radius 3 is 2.71 bits per heavy atom. The number of hydrogen-bond acceptors (Lipinski definition) is 2. The zero-order valence-electron chi connectivity index (χ0n) is 3.69. The van der Waals surface area contributed by atoms with E-state index in [-0.39, 0.29) is 5.97 Å². The van der Waals surface area contributed by atoms with Gasteiger partial charge in [0, 0.05) is 0 Å². The molecule has 0 atom stereocenters. The van der Waals surface area contributed by atoms with Crippen LogP contribution in [0.15, 0.2) is 12.8 Å². The standard InChI is InChI=1S/C4H5IO2/c1-2-7-4(6)3-5/h2H,1,3H2. The number of carbonyl (C=O) groups excluding carboxylic acids is 1. The smallest absolute Gasteiger partial charge is 0.320 e. The van der Waals surface area contributed by atoms with E-state index in [1.165, 1.54) is 0 Å². The predicted octanol–water partition coefficient (Wildman–Crippen LogP) is 1.11. The summed E-state index contributed by atoms with van der Waals surface area (Å²) in [5.41, 5.74) is 0. The molecular formula is C4H5IO2. The van der Waals surface area contributed by atoms with Crippen molar-refractivity contribution >= 4 is 28.6 Å². The largest absolute Gasteiger partial charge is 0.435 e. The van der Waals surface area contributed by atoms with Crippen molar-refractivity contribution in [2.45, 2.75) is 0 Å². The SMILES string of the molecule is C=COC(=O)CI. The van der Waals surface area contributed by atoms with Crippen molar-refractivity contribution in [1.29, 1.82) is 0 Å². The minimum Gasteiger partial charge on any atom is -0.435 e. The number of esters is 1. The molecule has 0 spiro atoms. The number of halogens is 1. The summed E-state index contributed by atoms with van der Waals surface area (Å²) in [5, 5.41) is 0. The van der Waals surface area contributed by atoms with E-state index in [9.17, 15) is 4.79 Å². The van der Waals surface area contributed by atoms with Gasteiger partial charge in [0.05, 0.1) is 10.7 Å². The highest BCUT2D eigenvalue weighted by Crippen LogP contribution is 1.84. The molecule has 0 aromatic heterocycles. The molecule has 0 bridgehead atoms. The van der Waals surface area contributed by atoms with Gasteiger partial charge in [-0.15, -0.1) is 0 Å². The number of alkyl halides is 1. The van der Waals surface area contributed by atoms with Gasteiger partial charge in [-0.2, -0.15) is 0 Å². The highest BCUT2D eigenvalue weighted by Gasteiger charge is 1.91. The summed E-state index contributed by atoms with van der Waals surface area (Å²) < 4.78 is 4.69.